The molecule has 0 aromatic rings. The lowest BCUT2D eigenvalue weighted by Gasteiger charge is -2.40. The molecule has 0 aromatic carbocycles. The number of rotatable bonds is 5. The minimum absolute atomic E-state index is 0.00118. The summed E-state index contributed by atoms with van der Waals surface area (Å²) in [6.45, 7) is 13.5. The third-order valence-corrected chi connectivity index (χ3v) is 3.96. The normalized spacial score (nSPS) is 30.5. The standard InChI is InChI=1S/C14H28N2O2/c1-4-15-13(12-5-7-17-10-12)9-16-6-8-18-14(2,3)11-16/h12-13,15H,4-11H2,1-3H3. The summed E-state index contributed by atoms with van der Waals surface area (Å²) in [4.78, 5) is 2.54. The van der Waals surface area contributed by atoms with Crippen molar-refractivity contribution in [1.29, 1.82) is 0 Å². The third-order valence-electron chi connectivity index (χ3n) is 3.96. The average molecular weight is 256 g/mol. The number of nitrogens with zero attached hydrogens (tertiary/aromatic N) is 1. The molecular formula is C14H28N2O2. The Morgan fingerprint density at radius 3 is 2.83 bits per heavy atom. The van der Waals surface area contributed by atoms with Gasteiger partial charge in [0.2, 0.25) is 0 Å². The first kappa shape index (κ1) is 14.3. The molecule has 0 amide bonds. The maximum Gasteiger partial charge on any atom is 0.0753 e. The van der Waals surface area contributed by atoms with Crippen LogP contribution in [0.1, 0.15) is 27.2 Å². The van der Waals surface area contributed by atoms with Crippen molar-refractivity contribution >= 4 is 0 Å². The SMILES string of the molecule is CCNC(CN1CCOC(C)(C)C1)C1CCOC1. The van der Waals surface area contributed by atoms with Gasteiger partial charge in [0.15, 0.2) is 0 Å². The molecule has 106 valence electrons. The van der Waals surface area contributed by atoms with Crippen LogP contribution in [0, 0.1) is 5.92 Å². The Labute approximate surface area is 111 Å². The van der Waals surface area contributed by atoms with Crippen molar-refractivity contribution in [3.05, 3.63) is 0 Å². The Morgan fingerprint density at radius 1 is 1.39 bits per heavy atom. The van der Waals surface area contributed by atoms with Crippen LogP contribution in [0.2, 0.25) is 0 Å². The largest absolute Gasteiger partial charge is 0.381 e. The monoisotopic (exact) mass is 256 g/mol. The zero-order chi connectivity index (χ0) is 13.0. The van der Waals surface area contributed by atoms with E-state index in [1.807, 2.05) is 0 Å². The molecule has 2 aliphatic rings. The molecule has 2 aliphatic heterocycles. The maximum atomic E-state index is 5.78. The van der Waals surface area contributed by atoms with Gasteiger partial charge < -0.3 is 14.8 Å². The Bertz CT molecular complexity index is 252. The van der Waals surface area contributed by atoms with Gasteiger partial charge in [-0.3, -0.25) is 4.90 Å². The average Bonchev–Trinajstić information content (AvgIpc) is 2.80. The van der Waals surface area contributed by atoms with Crippen molar-refractivity contribution in [2.24, 2.45) is 5.92 Å². The predicted molar refractivity (Wildman–Crippen MR) is 72.9 cm³/mol. The number of nitrogens with one attached hydrogen (secondary N) is 1. The van der Waals surface area contributed by atoms with E-state index in [0.29, 0.717) is 12.0 Å². The summed E-state index contributed by atoms with van der Waals surface area (Å²) in [6.07, 6.45) is 1.20. The molecule has 2 atom stereocenters. The number of hydrogen-bond acceptors (Lipinski definition) is 4. The van der Waals surface area contributed by atoms with Crippen LogP contribution in [0.3, 0.4) is 0 Å². The Morgan fingerprint density at radius 2 is 2.22 bits per heavy atom. The lowest BCUT2D eigenvalue weighted by molar-refractivity contribution is -0.0886. The first-order valence-corrected chi connectivity index (χ1v) is 7.28. The number of ether oxygens (including phenoxy) is 2. The molecule has 2 fully saturated rings. The lowest BCUT2D eigenvalue weighted by atomic mass is 9.97. The van der Waals surface area contributed by atoms with Crippen LogP contribution in [0.15, 0.2) is 0 Å². The highest BCUT2D eigenvalue weighted by Crippen LogP contribution is 2.21. The highest BCUT2D eigenvalue weighted by atomic mass is 16.5. The van der Waals surface area contributed by atoms with Gasteiger partial charge >= 0.3 is 0 Å². The minimum atomic E-state index is 0.00118. The molecule has 2 unspecified atom stereocenters. The van der Waals surface area contributed by atoms with Gasteiger partial charge in [0.25, 0.3) is 0 Å². The van der Waals surface area contributed by atoms with Crippen molar-refractivity contribution in [1.82, 2.24) is 10.2 Å². The van der Waals surface area contributed by atoms with Crippen molar-refractivity contribution in [2.45, 2.75) is 38.8 Å². The molecule has 2 heterocycles. The second kappa shape index (κ2) is 6.33. The Balaban J connectivity index is 1.87. The number of hydrogen-bond donors (Lipinski definition) is 1. The van der Waals surface area contributed by atoms with E-state index in [0.717, 1.165) is 46.0 Å². The van der Waals surface area contributed by atoms with E-state index >= 15 is 0 Å². The molecule has 18 heavy (non-hydrogen) atoms. The van der Waals surface area contributed by atoms with E-state index in [1.165, 1.54) is 6.42 Å². The Hall–Kier alpha value is -0.160. The van der Waals surface area contributed by atoms with Crippen molar-refractivity contribution in [3.8, 4) is 0 Å². The number of morpholine rings is 1. The summed E-state index contributed by atoms with van der Waals surface area (Å²) in [5.41, 5.74) is 0.00118. The maximum absolute atomic E-state index is 5.78. The minimum Gasteiger partial charge on any atom is -0.381 e. The topological polar surface area (TPSA) is 33.7 Å². The van der Waals surface area contributed by atoms with Gasteiger partial charge in [0.05, 0.1) is 18.8 Å². The zero-order valence-corrected chi connectivity index (χ0v) is 12.1. The second-order valence-corrected chi connectivity index (χ2v) is 6.13. The molecule has 0 aliphatic carbocycles. The van der Waals surface area contributed by atoms with Crippen molar-refractivity contribution in [3.63, 3.8) is 0 Å². The van der Waals surface area contributed by atoms with Crippen molar-refractivity contribution in [2.75, 3.05) is 46.0 Å². The summed E-state index contributed by atoms with van der Waals surface area (Å²) in [7, 11) is 0. The fourth-order valence-electron chi connectivity index (χ4n) is 3.06. The second-order valence-electron chi connectivity index (χ2n) is 6.13. The van der Waals surface area contributed by atoms with E-state index in [9.17, 15) is 0 Å². The first-order valence-electron chi connectivity index (χ1n) is 7.28. The molecule has 0 spiro atoms. The highest BCUT2D eigenvalue weighted by Gasteiger charge is 2.31. The third kappa shape index (κ3) is 3.92. The van der Waals surface area contributed by atoms with Crippen molar-refractivity contribution < 1.29 is 9.47 Å². The van der Waals surface area contributed by atoms with Crippen LogP contribution in [0.4, 0.5) is 0 Å². The molecule has 0 bridgehead atoms. The van der Waals surface area contributed by atoms with Crippen LogP contribution in [0.25, 0.3) is 0 Å². The summed E-state index contributed by atoms with van der Waals surface area (Å²) in [5, 5.41) is 3.64. The summed E-state index contributed by atoms with van der Waals surface area (Å²) in [6, 6.07) is 0.561. The molecule has 0 radical (unpaired) electrons. The fourth-order valence-corrected chi connectivity index (χ4v) is 3.06. The molecule has 2 saturated heterocycles. The lowest BCUT2D eigenvalue weighted by Crippen LogP contribution is -2.54. The van der Waals surface area contributed by atoms with Crippen LogP contribution in [0.5, 0.6) is 0 Å². The van der Waals surface area contributed by atoms with E-state index in [4.69, 9.17) is 9.47 Å². The van der Waals surface area contributed by atoms with E-state index in [2.05, 4.69) is 31.0 Å². The Kier molecular flexibility index (Phi) is 5.01. The summed E-state index contributed by atoms with van der Waals surface area (Å²) < 4.78 is 11.3. The molecule has 0 saturated carbocycles. The quantitative estimate of drug-likeness (QED) is 0.799. The fraction of sp³-hybridized carbons (Fsp3) is 1.00. The first-order chi connectivity index (χ1) is 8.61. The smallest absolute Gasteiger partial charge is 0.0753 e. The van der Waals surface area contributed by atoms with E-state index < -0.39 is 0 Å². The van der Waals surface area contributed by atoms with Gasteiger partial charge in [-0.25, -0.2) is 0 Å². The molecular weight excluding hydrogens is 228 g/mol. The molecule has 1 N–H and O–H groups in total. The number of likely N-dealkylation sites (N-methyl/N-ethyl adjacent to an activating group) is 1. The summed E-state index contributed by atoms with van der Waals surface area (Å²) in [5.74, 6) is 0.677. The summed E-state index contributed by atoms with van der Waals surface area (Å²) >= 11 is 0. The van der Waals surface area contributed by atoms with E-state index in [-0.39, 0.29) is 5.60 Å². The van der Waals surface area contributed by atoms with Crippen LogP contribution in [-0.4, -0.2) is 62.5 Å². The molecule has 2 rings (SSSR count). The van der Waals surface area contributed by atoms with Crippen LogP contribution >= 0.6 is 0 Å². The molecule has 4 heteroatoms. The molecule has 4 nitrogen and oxygen atoms in total. The van der Waals surface area contributed by atoms with Gasteiger partial charge in [0, 0.05) is 38.2 Å². The van der Waals surface area contributed by atoms with Gasteiger partial charge in [0.1, 0.15) is 0 Å². The zero-order valence-electron chi connectivity index (χ0n) is 12.1. The van der Waals surface area contributed by atoms with Gasteiger partial charge in [-0.05, 0) is 26.8 Å². The van der Waals surface area contributed by atoms with Gasteiger partial charge in [-0.2, -0.15) is 0 Å². The van der Waals surface area contributed by atoms with Crippen LogP contribution in [-0.2, 0) is 9.47 Å². The highest BCUT2D eigenvalue weighted by molar-refractivity contribution is 4.86. The molecule has 0 aromatic heterocycles. The van der Waals surface area contributed by atoms with Gasteiger partial charge in [-0.1, -0.05) is 6.92 Å². The van der Waals surface area contributed by atoms with Gasteiger partial charge in [-0.15, -0.1) is 0 Å². The van der Waals surface area contributed by atoms with Crippen LogP contribution < -0.4 is 5.32 Å². The predicted octanol–water partition coefficient (Wildman–Crippen LogP) is 1.11. The van der Waals surface area contributed by atoms with E-state index in [1.54, 1.807) is 0 Å².